The zero-order valence-electron chi connectivity index (χ0n) is 14.5. The molecule has 27 heavy (non-hydrogen) atoms. The SMILES string of the molecule is C#CCn1/c(=N/S(=O)(=O)c2ccccc2)sc2cc(C(=O)OCC)ccc21. The molecule has 0 fully saturated rings. The Bertz CT molecular complexity index is 1200. The maximum absolute atomic E-state index is 12.6. The van der Waals surface area contributed by atoms with Crippen LogP contribution in [0.2, 0.25) is 0 Å². The lowest BCUT2D eigenvalue weighted by atomic mass is 10.2. The number of hydrogen-bond donors (Lipinski definition) is 0. The van der Waals surface area contributed by atoms with Crippen molar-refractivity contribution in [2.75, 3.05) is 6.61 Å². The van der Waals surface area contributed by atoms with E-state index in [0.29, 0.717) is 15.8 Å². The Balaban J connectivity index is 2.19. The number of aromatic nitrogens is 1. The summed E-state index contributed by atoms with van der Waals surface area (Å²) in [6.45, 7) is 2.16. The molecule has 0 N–H and O–H groups in total. The molecule has 0 unspecified atom stereocenters. The maximum atomic E-state index is 12.6. The third kappa shape index (κ3) is 3.94. The summed E-state index contributed by atoms with van der Waals surface area (Å²) < 4.78 is 36.5. The Labute approximate surface area is 160 Å². The molecule has 0 aliphatic rings. The number of sulfonamides is 1. The number of hydrogen-bond acceptors (Lipinski definition) is 5. The van der Waals surface area contributed by atoms with Crippen LogP contribution in [0.1, 0.15) is 17.3 Å². The second-order valence-corrected chi connectivity index (χ2v) is 8.07. The summed E-state index contributed by atoms with van der Waals surface area (Å²) in [5.41, 5.74) is 1.09. The summed E-state index contributed by atoms with van der Waals surface area (Å²) in [4.78, 5) is 12.3. The van der Waals surface area contributed by atoms with E-state index in [2.05, 4.69) is 10.3 Å². The first-order valence-corrected chi connectivity index (χ1v) is 10.3. The molecule has 0 spiro atoms. The number of rotatable bonds is 5. The second-order valence-electron chi connectivity index (χ2n) is 5.46. The van der Waals surface area contributed by atoms with E-state index in [9.17, 15) is 13.2 Å². The van der Waals surface area contributed by atoms with Gasteiger partial charge >= 0.3 is 5.97 Å². The van der Waals surface area contributed by atoms with Crippen LogP contribution in [0, 0.1) is 12.3 Å². The molecule has 0 radical (unpaired) electrons. The minimum absolute atomic E-state index is 0.0990. The molecular formula is C19H16N2O4S2. The van der Waals surface area contributed by atoms with Crippen molar-refractivity contribution in [3.05, 3.63) is 58.9 Å². The molecule has 0 bridgehead atoms. The van der Waals surface area contributed by atoms with Crippen LogP contribution in [-0.2, 0) is 21.3 Å². The predicted molar refractivity (Wildman–Crippen MR) is 104 cm³/mol. The van der Waals surface area contributed by atoms with Gasteiger partial charge < -0.3 is 9.30 Å². The lowest BCUT2D eigenvalue weighted by Crippen LogP contribution is -2.16. The number of thiazole rings is 1. The molecule has 0 saturated carbocycles. The number of esters is 1. The van der Waals surface area contributed by atoms with E-state index >= 15 is 0 Å². The minimum Gasteiger partial charge on any atom is -0.462 e. The standard InChI is InChI=1S/C19H16N2O4S2/c1-3-12-21-16-11-10-14(18(22)25-4-2)13-17(16)26-19(21)20-27(23,24)15-8-6-5-7-9-15/h1,5-11,13H,4,12H2,2H3/b20-19-. The zero-order chi connectivity index (χ0) is 19.4. The fraction of sp³-hybridized carbons (Fsp3) is 0.158. The molecule has 2 aromatic carbocycles. The van der Waals surface area contributed by atoms with Gasteiger partial charge in [0.15, 0.2) is 0 Å². The van der Waals surface area contributed by atoms with Crippen molar-refractivity contribution in [1.29, 1.82) is 0 Å². The molecule has 0 aliphatic carbocycles. The quantitative estimate of drug-likeness (QED) is 0.487. The molecule has 3 aromatic rings. The molecule has 0 aliphatic heterocycles. The van der Waals surface area contributed by atoms with Gasteiger partial charge in [-0.15, -0.1) is 10.8 Å². The number of terminal acetylenes is 1. The average molecular weight is 400 g/mol. The average Bonchev–Trinajstić information content (AvgIpc) is 2.99. The van der Waals surface area contributed by atoms with Gasteiger partial charge in [0, 0.05) is 0 Å². The van der Waals surface area contributed by atoms with Crippen molar-refractivity contribution in [3.63, 3.8) is 0 Å². The Morgan fingerprint density at radius 1 is 1.26 bits per heavy atom. The summed E-state index contributed by atoms with van der Waals surface area (Å²) in [6, 6.07) is 12.9. The number of nitrogens with zero attached hydrogens (tertiary/aromatic N) is 2. The number of carbonyl (C=O) groups excluding carboxylic acids is 1. The smallest absolute Gasteiger partial charge is 0.338 e. The molecular weight excluding hydrogens is 384 g/mol. The number of carbonyl (C=O) groups is 1. The van der Waals surface area contributed by atoms with Crippen molar-refractivity contribution in [2.24, 2.45) is 4.40 Å². The normalized spacial score (nSPS) is 12.1. The van der Waals surface area contributed by atoms with Gasteiger partial charge in [-0.2, -0.15) is 8.42 Å². The summed E-state index contributed by atoms with van der Waals surface area (Å²) in [7, 11) is -3.88. The number of fused-ring (bicyclic) bond motifs is 1. The summed E-state index contributed by atoms with van der Waals surface area (Å²) in [5, 5.41) is 0. The molecule has 3 rings (SSSR count). The van der Waals surface area contributed by atoms with Gasteiger partial charge in [0.2, 0.25) is 4.80 Å². The monoisotopic (exact) mass is 400 g/mol. The number of benzene rings is 2. The predicted octanol–water partition coefficient (Wildman–Crippen LogP) is 2.80. The van der Waals surface area contributed by atoms with Gasteiger partial charge in [-0.05, 0) is 37.3 Å². The summed E-state index contributed by atoms with van der Waals surface area (Å²) in [5.74, 6) is 2.07. The first kappa shape index (κ1) is 18.9. The lowest BCUT2D eigenvalue weighted by Gasteiger charge is -2.03. The van der Waals surface area contributed by atoms with Crippen LogP contribution in [0.5, 0.6) is 0 Å². The maximum Gasteiger partial charge on any atom is 0.338 e. The summed E-state index contributed by atoms with van der Waals surface area (Å²) in [6.07, 6.45) is 5.44. The topological polar surface area (TPSA) is 77.7 Å². The van der Waals surface area contributed by atoms with Crippen LogP contribution in [0.3, 0.4) is 0 Å². The van der Waals surface area contributed by atoms with Crippen molar-refractivity contribution in [2.45, 2.75) is 18.4 Å². The lowest BCUT2D eigenvalue weighted by molar-refractivity contribution is 0.0526. The molecule has 1 aromatic heterocycles. The van der Waals surface area contributed by atoms with Crippen molar-refractivity contribution < 1.29 is 17.9 Å². The van der Waals surface area contributed by atoms with Crippen LogP contribution < -0.4 is 4.80 Å². The van der Waals surface area contributed by atoms with Crippen molar-refractivity contribution in [3.8, 4) is 12.3 Å². The van der Waals surface area contributed by atoms with Crippen LogP contribution in [-0.4, -0.2) is 25.6 Å². The van der Waals surface area contributed by atoms with E-state index in [0.717, 1.165) is 11.3 Å². The van der Waals surface area contributed by atoms with Gasteiger partial charge in [-0.25, -0.2) is 4.79 Å². The molecule has 1 heterocycles. The largest absolute Gasteiger partial charge is 0.462 e. The van der Waals surface area contributed by atoms with E-state index in [1.165, 1.54) is 12.1 Å². The van der Waals surface area contributed by atoms with E-state index < -0.39 is 16.0 Å². The Hall–Kier alpha value is -2.89. The highest BCUT2D eigenvalue weighted by Gasteiger charge is 2.15. The van der Waals surface area contributed by atoms with Gasteiger partial charge in [-0.1, -0.05) is 35.5 Å². The third-order valence-corrected chi connectivity index (χ3v) is 6.12. The van der Waals surface area contributed by atoms with Gasteiger partial charge in [0.1, 0.15) is 0 Å². The fourth-order valence-corrected chi connectivity index (χ4v) is 4.77. The molecule has 138 valence electrons. The molecule has 6 nitrogen and oxygen atoms in total. The van der Waals surface area contributed by atoms with Gasteiger partial charge in [0.05, 0.1) is 33.8 Å². The van der Waals surface area contributed by atoms with Crippen LogP contribution >= 0.6 is 11.3 Å². The van der Waals surface area contributed by atoms with Crippen LogP contribution in [0.25, 0.3) is 10.2 Å². The summed E-state index contributed by atoms with van der Waals surface area (Å²) >= 11 is 1.15. The Morgan fingerprint density at radius 3 is 2.67 bits per heavy atom. The second kappa shape index (κ2) is 7.78. The third-order valence-electron chi connectivity index (χ3n) is 3.68. The Morgan fingerprint density at radius 2 is 2.00 bits per heavy atom. The van der Waals surface area contributed by atoms with E-state index in [4.69, 9.17) is 11.2 Å². The molecule has 0 saturated heterocycles. The van der Waals surface area contributed by atoms with Gasteiger partial charge in [0.25, 0.3) is 10.0 Å². The molecule has 8 heteroatoms. The minimum atomic E-state index is -3.88. The van der Waals surface area contributed by atoms with Crippen LogP contribution in [0.15, 0.2) is 57.8 Å². The molecule has 0 atom stereocenters. The highest BCUT2D eigenvalue weighted by molar-refractivity contribution is 7.90. The van der Waals surface area contributed by atoms with E-state index in [1.807, 2.05) is 0 Å². The first-order chi connectivity index (χ1) is 13.0. The first-order valence-electron chi connectivity index (χ1n) is 8.06. The number of ether oxygens (including phenoxy) is 1. The highest BCUT2D eigenvalue weighted by Crippen LogP contribution is 2.21. The van der Waals surface area contributed by atoms with Crippen LogP contribution in [0.4, 0.5) is 0 Å². The van der Waals surface area contributed by atoms with Crippen molar-refractivity contribution in [1.82, 2.24) is 4.57 Å². The molecule has 0 amide bonds. The van der Waals surface area contributed by atoms with Crippen molar-refractivity contribution >= 4 is 37.5 Å². The van der Waals surface area contributed by atoms with Gasteiger partial charge in [-0.3, -0.25) is 0 Å². The Kier molecular flexibility index (Phi) is 5.44. The highest BCUT2D eigenvalue weighted by atomic mass is 32.2. The fourth-order valence-electron chi connectivity index (χ4n) is 2.48. The van der Waals surface area contributed by atoms with E-state index in [1.54, 1.807) is 47.9 Å². The zero-order valence-corrected chi connectivity index (χ0v) is 16.1. The van der Waals surface area contributed by atoms with E-state index in [-0.39, 0.29) is 22.8 Å².